The summed E-state index contributed by atoms with van der Waals surface area (Å²) in [4.78, 5) is 25.8. The van der Waals surface area contributed by atoms with Crippen LogP contribution in [0.1, 0.15) is 56.1 Å². The topological polar surface area (TPSA) is 57.6 Å². The molecule has 1 aromatic rings. The molecule has 1 N–H and O–H groups in total. The quantitative estimate of drug-likeness (QED) is 0.339. The standard InChI is InChI=1S/C27H37NO3/c1-19-8-4-6-10-21(19)12-13-23(29)14-15-24-25-17-20(16-22(25)18-26(24)30)9-5-7-11-27(31)28(2)3/h4,6,8,10,14-16,22,24-26,30H,5,7,9,11-13,17-18H2,1-3H3/b15-14+/t22-,24+,25-,26+/m0/s1. The van der Waals surface area contributed by atoms with Gasteiger partial charge in [-0.1, -0.05) is 42.0 Å². The van der Waals surface area contributed by atoms with Crippen molar-refractivity contribution in [2.75, 3.05) is 14.1 Å². The molecule has 3 rings (SSSR count). The Bertz CT molecular complexity index is 839. The number of ketones is 1. The summed E-state index contributed by atoms with van der Waals surface area (Å²) in [5.74, 6) is 1.23. The highest BCUT2D eigenvalue weighted by molar-refractivity contribution is 5.89. The van der Waals surface area contributed by atoms with Crippen molar-refractivity contribution >= 4 is 11.7 Å². The summed E-state index contributed by atoms with van der Waals surface area (Å²) in [7, 11) is 3.60. The van der Waals surface area contributed by atoms with Crippen LogP contribution in [0.3, 0.4) is 0 Å². The van der Waals surface area contributed by atoms with Gasteiger partial charge in [0.25, 0.3) is 0 Å². The number of aliphatic hydroxyl groups excluding tert-OH is 1. The fourth-order valence-corrected chi connectivity index (χ4v) is 5.09. The highest BCUT2D eigenvalue weighted by Gasteiger charge is 2.43. The van der Waals surface area contributed by atoms with E-state index in [1.807, 2.05) is 18.2 Å². The van der Waals surface area contributed by atoms with Crippen molar-refractivity contribution in [3.8, 4) is 0 Å². The van der Waals surface area contributed by atoms with Crippen LogP contribution in [0.4, 0.5) is 0 Å². The molecule has 0 unspecified atom stereocenters. The van der Waals surface area contributed by atoms with E-state index in [0.717, 1.165) is 38.5 Å². The Balaban J connectivity index is 1.45. The lowest BCUT2D eigenvalue weighted by atomic mass is 9.88. The van der Waals surface area contributed by atoms with E-state index >= 15 is 0 Å². The van der Waals surface area contributed by atoms with E-state index in [0.29, 0.717) is 24.7 Å². The van der Waals surface area contributed by atoms with Crippen LogP contribution in [0.15, 0.2) is 48.1 Å². The number of hydrogen-bond acceptors (Lipinski definition) is 3. The van der Waals surface area contributed by atoms with Crippen LogP contribution < -0.4 is 0 Å². The average Bonchev–Trinajstić information content (AvgIpc) is 3.25. The molecule has 4 nitrogen and oxygen atoms in total. The first-order valence-electron chi connectivity index (χ1n) is 11.7. The molecule has 1 saturated carbocycles. The highest BCUT2D eigenvalue weighted by Crippen LogP contribution is 2.48. The van der Waals surface area contributed by atoms with Crippen molar-refractivity contribution in [1.82, 2.24) is 4.90 Å². The molecule has 0 bridgehead atoms. The Kier molecular flexibility index (Phi) is 8.25. The summed E-state index contributed by atoms with van der Waals surface area (Å²) in [6.07, 6.45) is 12.4. The van der Waals surface area contributed by atoms with Gasteiger partial charge in [-0.15, -0.1) is 0 Å². The second-order valence-corrected chi connectivity index (χ2v) is 9.48. The normalized spacial score (nSPS) is 25.0. The maximum atomic E-state index is 12.4. The van der Waals surface area contributed by atoms with E-state index in [4.69, 9.17) is 0 Å². The van der Waals surface area contributed by atoms with Crippen molar-refractivity contribution in [3.05, 3.63) is 59.2 Å². The number of allylic oxidation sites excluding steroid dienone is 3. The number of carbonyl (C=O) groups is 2. The van der Waals surface area contributed by atoms with Gasteiger partial charge in [-0.05, 0) is 74.5 Å². The Labute approximate surface area is 187 Å². The summed E-state index contributed by atoms with van der Waals surface area (Å²) >= 11 is 0. The Morgan fingerprint density at radius 2 is 1.90 bits per heavy atom. The molecule has 0 spiro atoms. The number of rotatable bonds is 10. The molecular weight excluding hydrogens is 386 g/mol. The van der Waals surface area contributed by atoms with E-state index in [1.54, 1.807) is 25.1 Å². The largest absolute Gasteiger partial charge is 0.392 e. The van der Waals surface area contributed by atoms with Gasteiger partial charge in [0.05, 0.1) is 6.10 Å². The monoisotopic (exact) mass is 423 g/mol. The molecule has 1 fully saturated rings. The molecule has 2 aliphatic carbocycles. The minimum Gasteiger partial charge on any atom is -0.392 e. The Hall–Kier alpha value is -2.20. The molecule has 0 saturated heterocycles. The fraction of sp³-hybridized carbons (Fsp3) is 0.556. The molecule has 168 valence electrons. The molecule has 0 heterocycles. The van der Waals surface area contributed by atoms with Crippen molar-refractivity contribution in [3.63, 3.8) is 0 Å². The van der Waals surface area contributed by atoms with Crippen molar-refractivity contribution in [1.29, 1.82) is 0 Å². The van der Waals surface area contributed by atoms with Crippen molar-refractivity contribution in [2.45, 2.75) is 64.4 Å². The second-order valence-electron chi connectivity index (χ2n) is 9.48. The summed E-state index contributed by atoms with van der Waals surface area (Å²) in [5.41, 5.74) is 3.91. The van der Waals surface area contributed by atoms with Gasteiger partial charge in [0.2, 0.25) is 5.91 Å². The second kappa shape index (κ2) is 10.9. The van der Waals surface area contributed by atoms with Crippen LogP contribution in [0, 0.1) is 24.7 Å². The predicted molar refractivity (Wildman–Crippen MR) is 125 cm³/mol. The zero-order chi connectivity index (χ0) is 22.4. The summed E-state index contributed by atoms with van der Waals surface area (Å²) in [5, 5.41) is 10.5. The van der Waals surface area contributed by atoms with Crippen LogP contribution in [0.2, 0.25) is 0 Å². The molecule has 0 radical (unpaired) electrons. The molecule has 4 heteroatoms. The van der Waals surface area contributed by atoms with Crippen LogP contribution in [-0.4, -0.2) is 41.9 Å². The maximum absolute atomic E-state index is 12.4. The average molecular weight is 424 g/mol. The Morgan fingerprint density at radius 1 is 1.13 bits per heavy atom. The number of benzene rings is 1. The minimum absolute atomic E-state index is 0.0662. The van der Waals surface area contributed by atoms with Crippen LogP contribution >= 0.6 is 0 Å². The number of fused-ring (bicyclic) bond motifs is 1. The van der Waals surface area contributed by atoms with Gasteiger partial charge in [-0.3, -0.25) is 9.59 Å². The van der Waals surface area contributed by atoms with Crippen LogP contribution in [0.25, 0.3) is 0 Å². The lowest BCUT2D eigenvalue weighted by Crippen LogP contribution is -2.21. The first-order chi connectivity index (χ1) is 14.8. The molecular formula is C27H37NO3. The third-order valence-electron chi connectivity index (χ3n) is 6.99. The van der Waals surface area contributed by atoms with Gasteiger partial charge in [-0.2, -0.15) is 0 Å². The number of amides is 1. The molecule has 0 aromatic heterocycles. The summed E-state index contributed by atoms with van der Waals surface area (Å²) in [6, 6.07) is 8.20. The van der Waals surface area contributed by atoms with E-state index in [-0.39, 0.29) is 23.7 Å². The minimum atomic E-state index is -0.356. The number of unbranched alkanes of at least 4 members (excludes halogenated alkanes) is 1. The van der Waals surface area contributed by atoms with Gasteiger partial charge in [0.15, 0.2) is 5.78 Å². The van der Waals surface area contributed by atoms with Gasteiger partial charge in [-0.25, -0.2) is 0 Å². The third kappa shape index (κ3) is 6.39. The zero-order valence-electron chi connectivity index (χ0n) is 19.2. The summed E-state index contributed by atoms with van der Waals surface area (Å²) in [6.45, 7) is 2.08. The molecule has 1 aromatic carbocycles. The molecule has 1 amide bonds. The summed E-state index contributed by atoms with van der Waals surface area (Å²) < 4.78 is 0. The number of carbonyl (C=O) groups excluding carboxylic acids is 2. The van der Waals surface area contributed by atoms with E-state index in [9.17, 15) is 14.7 Å². The van der Waals surface area contributed by atoms with Crippen molar-refractivity contribution < 1.29 is 14.7 Å². The van der Waals surface area contributed by atoms with E-state index in [1.165, 1.54) is 16.7 Å². The number of hydrogen-bond donors (Lipinski definition) is 1. The van der Waals surface area contributed by atoms with Gasteiger partial charge in [0, 0.05) is 32.9 Å². The number of nitrogens with zero attached hydrogens (tertiary/aromatic N) is 1. The smallest absolute Gasteiger partial charge is 0.222 e. The van der Waals surface area contributed by atoms with E-state index in [2.05, 4.69) is 25.1 Å². The first-order valence-corrected chi connectivity index (χ1v) is 11.7. The molecule has 2 aliphatic rings. The van der Waals surface area contributed by atoms with Crippen LogP contribution in [-0.2, 0) is 16.0 Å². The van der Waals surface area contributed by atoms with Gasteiger partial charge < -0.3 is 10.0 Å². The lowest BCUT2D eigenvalue weighted by molar-refractivity contribution is -0.128. The highest BCUT2D eigenvalue weighted by atomic mass is 16.3. The lowest BCUT2D eigenvalue weighted by Gasteiger charge is -2.18. The Morgan fingerprint density at radius 3 is 2.65 bits per heavy atom. The number of aliphatic hydroxyl groups is 1. The van der Waals surface area contributed by atoms with Gasteiger partial charge in [0.1, 0.15) is 0 Å². The van der Waals surface area contributed by atoms with E-state index < -0.39 is 0 Å². The predicted octanol–water partition coefficient (Wildman–Crippen LogP) is 4.64. The van der Waals surface area contributed by atoms with Gasteiger partial charge >= 0.3 is 0 Å². The first kappa shape index (κ1) is 23.5. The molecule has 31 heavy (non-hydrogen) atoms. The van der Waals surface area contributed by atoms with Crippen molar-refractivity contribution in [2.24, 2.45) is 17.8 Å². The number of aryl methyl sites for hydroxylation is 2. The van der Waals surface area contributed by atoms with Crippen LogP contribution in [0.5, 0.6) is 0 Å². The zero-order valence-corrected chi connectivity index (χ0v) is 19.2. The molecule has 4 atom stereocenters. The fourth-order valence-electron chi connectivity index (χ4n) is 5.09. The SMILES string of the molecule is Cc1ccccc1CCC(=O)/C=C/[C@@H]1[C@H]2CC(CCCCC(=O)N(C)C)=C[C@H]2C[C@H]1O. The third-order valence-corrected chi connectivity index (χ3v) is 6.99. The molecule has 0 aliphatic heterocycles. The maximum Gasteiger partial charge on any atom is 0.222 e.